The maximum absolute atomic E-state index is 3.92. The Hall–Kier alpha value is -0.870. The van der Waals surface area contributed by atoms with Crippen molar-refractivity contribution in [1.82, 2.24) is 20.4 Å². The van der Waals surface area contributed by atoms with Crippen LogP contribution in [-0.2, 0) is 6.54 Å². The molecule has 4 nitrogen and oxygen atoms in total. The Morgan fingerprint density at radius 3 is 2.94 bits per heavy atom. The van der Waals surface area contributed by atoms with Crippen LogP contribution in [0.25, 0.3) is 0 Å². The number of hydrogen-bond donors (Lipinski definition) is 2. The van der Waals surface area contributed by atoms with Crippen molar-refractivity contribution in [3.05, 3.63) is 18.0 Å². The predicted octanol–water partition coefficient (Wildman–Crippen LogP) is 1.38. The quantitative estimate of drug-likeness (QED) is 0.715. The Morgan fingerprint density at radius 2 is 2.19 bits per heavy atom. The fraction of sp³-hybridized carbons (Fsp3) is 0.750. The van der Waals surface area contributed by atoms with E-state index in [0.717, 1.165) is 18.8 Å². The van der Waals surface area contributed by atoms with Gasteiger partial charge in [0, 0.05) is 18.4 Å². The molecule has 4 heteroatoms. The molecule has 0 atom stereocenters. The van der Waals surface area contributed by atoms with Crippen LogP contribution in [0.5, 0.6) is 0 Å². The van der Waals surface area contributed by atoms with Crippen molar-refractivity contribution >= 4 is 0 Å². The molecule has 0 aliphatic carbocycles. The molecule has 0 unspecified atom stereocenters. The van der Waals surface area contributed by atoms with Crippen molar-refractivity contribution < 1.29 is 0 Å². The van der Waals surface area contributed by atoms with Gasteiger partial charge >= 0.3 is 0 Å². The van der Waals surface area contributed by atoms with Gasteiger partial charge in [-0.2, -0.15) is 5.10 Å². The highest BCUT2D eigenvalue weighted by atomic mass is 15.1. The summed E-state index contributed by atoms with van der Waals surface area (Å²) in [5, 5.41) is 10.3. The van der Waals surface area contributed by atoms with Crippen LogP contribution in [0.3, 0.4) is 0 Å². The molecule has 1 fully saturated rings. The third-order valence-corrected chi connectivity index (χ3v) is 3.15. The Kier molecular flexibility index (Phi) is 4.83. The molecule has 0 saturated carbocycles. The van der Waals surface area contributed by atoms with Gasteiger partial charge in [-0.05, 0) is 51.5 Å². The van der Waals surface area contributed by atoms with Gasteiger partial charge < -0.3 is 10.2 Å². The zero-order valence-electron chi connectivity index (χ0n) is 9.91. The molecule has 1 aliphatic heterocycles. The second kappa shape index (κ2) is 6.66. The van der Waals surface area contributed by atoms with Gasteiger partial charge in [0.2, 0.25) is 0 Å². The molecule has 0 bridgehead atoms. The second-order valence-corrected chi connectivity index (χ2v) is 4.51. The molecule has 1 aromatic heterocycles. The summed E-state index contributed by atoms with van der Waals surface area (Å²) in [6, 6.07) is 2.01. The average molecular weight is 222 g/mol. The van der Waals surface area contributed by atoms with Gasteiger partial charge in [-0.3, -0.25) is 5.10 Å². The van der Waals surface area contributed by atoms with Crippen molar-refractivity contribution in [2.24, 2.45) is 0 Å². The Balaban J connectivity index is 1.48. The molecule has 0 amide bonds. The lowest BCUT2D eigenvalue weighted by Crippen LogP contribution is -2.32. The van der Waals surface area contributed by atoms with Crippen LogP contribution >= 0.6 is 0 Å². The number of piperidine rings is 1. The first-order chi connectivity index (χ1) is 7.95. The van der Waals surface area contributed by atoms with Crippen molar-refractivity contribution in [2.75, 3.05) is 26.2 Å². The third kappa shape index (κ3) is 3.94. The summed E-state index contributed by atoms with van der Waals surface area (Å²) in [7, 11) is 0. The first-order valence-corrected chi connectivity index (χ1v) is 6.36. The summed E-state index contributed by atoms with van der Waals surface area (Å²) < 4.78 is 0. The van der Waals surface area contributed by atoms with E-state index in [1.165, 1.54) is 45.3 Å². The highest BCUT2D eigenvalue weighted by Crippen LogP contribution is 2.08. The molecule has 2 heterocycles. The first-order valence-electron chi connectivity index (χ1n) is 6.36. The second-order valence-electron chi connectivity index (χ2n) is 4.51. The molecule has 1 saturated heterocycles. The highest BCUT2D eigenvalue weighted by Gasteiger charge is 2.08. The number of nitrogens with zero attached hydrogens (tertiary/aromatic N) is 2. The van der Waals surface area contributed by atoms with Crippen LogP contribution in [-0.4, -0.2) is 41.3 Å². The minimum Gasteiger partial charge on any atom is -0.311 e. The van der Waals surface area contributed by atoms with E-state index in [1.807, 2.05) is 6.07 Å². The molecule has 0 aromatic carbocycles. The highest BCUT2D eigenvalue weighted by molar-refractivity contribution is 4.96. The van der Waals surface area contributed by atoms with Gasteiger partial charge in [0.25, 0.3) is 0 Å². The Bertz CT molecular complexity index is 265. The molecular formula is C12H22N4. The standard InChI is InChI=1S/C12H22N4/c1-2-8-16(9-3-1)10-4-6-13-11-12-5-7-14-15-12/h5,7,13H,1-4,6,8-11H2,(H,14,15). The van der Waals surface area contributed by atoms with Crippen LogP contribution < -0.4 is 5.32 Å². The molecule has 16 heavy (non-hydrogen) atoms. The summed E-state index contributed by atoms with van der Waals surface area (Å²) in [5.41, 5.74) is 1.16. The van der Waals surface area contributed by atoms with Gasteiger partial charge in [0.05, 0.1) is 0 Å². The zero-order chi connectivity index (χ0) is 11.1. The fourth-order valence-electron chi connectivity index (χ4n) is 2.22. The number of hydrogen-bond acceptors (Lipinski definition) is 3. The Morgan fingerprint density at radius 1 is 1.31 bits per heavy atom. The summed E-state index contributed by atoms with van der Waals surface area (Å²) in [6.45, 7) is 5.85. The lowest BCUT2D eigenvalue weighted by Gasteiger charge is -2.26. The number of aromatic amines is 1. The van der Waals surface area contributed by atoms with Gasteiger partial charge in [0.1, 0.15) is 0 Å². The van der Waals surface area contributed by atoms with Crippen LogP contribution in [0.1, 0.15) is 31.4 Å². The van der Waals surface area contributed by atoms with E-state index in [9.17, 15) is 0 Å². The van der Waals surface area contributed by atoms with Gasteiger partial charge in [0.15, 0.2) is 0 Å². The normalized spacial score (nSPS) is 17.8. The third-order valence-electron chi connectivity index (χ3n) is 3.15. The maximum atomic E-state index is 3.92. The van der Waals surface area contributed by atoms with Crippen LogP contribution in [0.15, 0.2) is 12.3 Å². The molecule has 0 radical (unpaired) electrons. The van der Waals surface area contributed by atoms with E-state index < -0.39 is 0 Å². The number of aromatic nitrogens is 2. The average Bonchev–Trinajstić information content (AvgIpc) is 2.83. The van der Waals surface area contributed by atoms with Crippen LogP contribution in [0.2, 0.25) is 0 Å². The fourth-order valence-corrected chi connectivity index (χ4v) is 2.22. The zero-order valence-corrected chi connectivity index (χ0v) is 9.91. The Labute approximate surface area is 97.4 Å². The summed E-state index contributed by atoms with van der Waals surface area (Å²) >= 11 is 0. The number of likely N-dealkylation sites (tertiary alicyclic amines) is 1. The van der Waals surface area contributed by atoms with Crippen LogP contribution in [0, 0.1) is 0 Å². The first kappa shape index (κ1) is 11.6. The van der Waals surface area contributed by atoms with E-state index in [0.29, 0.717) is 0 Å². The molecular weight excluding hydrogens is 200 g/mol. The van der Waals surface area contributed by atoms with Crippen molar-refractivity contribution in [3.63, 3.8) is 0 Å². The lowest BCUT2D eigenvalue weighted by molar-refractivity contribution is 0.225. The van der Waals surface area contributed by atoms with Crippen molar-refractivity contribution in [3.8, 4) is 0 Å². The summed E-state index contributed by atoms with van der Waals surface area (Å²) in [4.78, 5) is 2.58. The molecule has 0 spiro atoms. The lowest BCUT2D eigenvalue weighted by atomic mass is 10.1. The summed E-state index contributed by atoms with van der Waals surface area (Å²) in [5.74, 6) is 0. The maximum Gasteiger partial charge on any atom is 0.0490 e. The number of H-pyrrole nitrogens is 1. The van der Waals surface area contributed by atoms with E-state index in [-0.39, 0.29) is 0 Å². The van der Waals surface area contributed by atoms with E-state index >= 15 is 0 Å². The monoisotopic (exact) mass is 222 g/mol. The van der Waals surface area contributed by atoms with Gasteiger partial charge in [-0.25, -0.2) is 0 Å². The molecule has 2 N–H and O–H groups in total. The molecule has 1 aliphatic rings. The van der Waals surface area contributed by atoms with Crippen molar-refractivity contribution in [1.29, 1.82) is 0 Å². The van der Waals surface area contributed by atoms with E-state index in [1.54, 1.807) is 6.20 Å². The molecule has 1 aromatic rings. The van der Waals surface area contributed by atoms with E-state index in [2.05, 4.69) is 20.4 Å². The predicted molar refractivity (Wildman–Crippen MR) is 65.2 cm³/mol. The van der Waals surface area contributed by atoms with Gasteiger partial charge in [-0.1, -0.05) is 6.42 Å². The smallest absolute Gasteiger partial charge is 0.0490 e. The van der Waals surface area contributed by atoms with Crippen LogP contribution in [0.4, 0.5) is 0 Å². The van der Waals surface area contributed by atoms with E-state index in [4.69, 9.17) is 0 Å². The largest absolute Gasteiger partial charge is 0.311 e. The van der Waals surface area contributed by atoms with Crippen molar-refractivity contribution in [2.45, 2.75) is 32.2 Å². The minimum atomic E-state index is 0.903. The molecule has 90 valence electrons. The van der Waals surface area contributed by atoms with Gasteiger partial charge in [-0.15, -0.1) is 0 Å². The number of rotatable bonds is 6. The molecule has 2 rings (SSSR count). The number of nitrogens with one attached hydrogen (secondary N) is 2. The topological polar surface area (TPSA) is 44.0 Å². The summed E-state index contributed by atoms with van der Waals surface area (Å²) in [6.07, 6.45) is 7.25. The minimum absolute atomic E-state index is 0.903. The SMILES string of the molecule is c1cc(CNCCCN2CCCCC2)[nH]n1.